The van der Waals surface area contributed by atoms with Crippen molar-refractivity contribution in [3.05, 3.63) is 18.5 Å². The molecule has 2 saturated heterocycles. The molecule has 2 aliphatic heterocycles. The number of nitrogens with zero attached hydrogens (tertiary/aromatic N) is 4. The third-order valence-corrected chi connectivity index (χ3v) is 4.43. The minimum absolute atomic E-state index is 0.0974. The first-order chi connectivity index (χ1) is 9.19. The van der Waals surface area contributed by atoms with Crippen molar-refractivity contribution < 1.29 is 4.74 Å². The fourth-order valence-electron chi connectivity index (χ4n) is 3.07. The Hall–Kier alpha value is -1.20. The Bertz CT molecular complexity index is 415. The molecule has 19 heavy (non-hydrogen) atoms. The summed E-state index contributed by atoms with van der Waals surface area (Å²) in [4.78, 5) is 13.2. The first kappa shape index (κ1) is 12.8. The van der Waals surface area contributed by atoms with Crippen LogP contribution < -0.4 is 4.90 Å². The van der Waals surface area contributed by atoms with E-state index in [4.69, 9.17) is 4.74 Å². The van der Waals surface area contributed by atoms with Crippen LogP contribution in [0.4, 0.5) is 5.95 Å². The molecule has 3 heterocycles. The first-order valence-corrected chi connectivity index (χ1v) is 7.01. The van der Waals surface area contributed by atoms with Gasteiger partial charge < -0.3 is 14.5 Å². The predicted molar refractivity (Wildman–Crippen MR) is 74.3 cm³/mol. The summed E-state index contributed by atoms with van der Waals surface area (Å²) >= 11 is 0. The van der Waals surface area contributed by atoms with Gasteiger partial charge in [0, 0.05) is 31.5 Å². The second kappa shape index (κ2) is 5.06. The summed E-state index contributed by atoms with van der Waals surface area (Å²) in [5.74, 6) is 0.847. The number of likely N-dealkylation sites (N-methyl/N-ethyl adjacent to an activating group) is 1. The minimum atomic E-state index is 0.0974. The van der Waals surface area contributed by atoms with Gasteiger partial charge in [0.15, 0.2) is 0 Å². The highest BCUT2D eigenvalue weighted by molar-refractivity contribution is 5.29. The van der Waals surface area contributed by atoms with Crippen LogP contribution in [0.3, 0.4) is 0 Å². The van der Waals surface area contributed by atoms with Crippen LogP contribution in [0.15, 0.2) is 18.5 Å². The second-order valence-electron chi connectivity index (χ2n) is 5.85. The molecule has 104 valence electrons. The summed E-state index contributed by atoms with van der Waals surface area (Å²) in [6.45, 7) is 2.85. The summed E-state index contributed by atoms with van der Waals surface area (Å²) in [6, 6.07) is 2.43. The average Bonchev–Trinajstić information content (AvgIpc) is 2.85. The van der Waals surface area contributed by atoms with E-state index in [2.05, 4.69) is 33.9 Å². The normalized spacial score (nSPS) is 26.3. The Morgan fingerprint density at radius 3 is 2.53 bits per heavy atom. The SMILES string of the molecule is CN(C)[C@@H]1COC2(CCN(c3ncccn3)CC2)C1. The Morgan fingerprint density at radius 1 is 1.26 bits per heavy atom. The van der Waals surface area contributed by atoms with Crippen molar-refractivity contribution in [1.29, 1.82) is 0 Å². The van der Waals surface area contributed by atoms with Gasteiger partial charge in [-0.3, -0.25) is 0 Å². The molecular formula is C14H22N4O. The Labute approximate surface area is 114 Å². The Morgan fingerprint density at radius 2 is 1.95 bits per heavy atom. The number of hydrogen-bond acceptors (Lipinski definition) is 5. The van der Waals surface area contributed by atoms with Crippen LogP contribution in [-0.2, 0) is 4.74 Å². The van der Waals surface area contributed by atoms with E-state index >= 15 is 0 Å². The largest absolute Gasteiger partial charge is 0.373 e. The fourth-order valence-corrected chi connectivity index (χ4v) is 3.07. The van der Waals surface area contributed by atoms with Gasteiger partial charge in [-0.2, -0.15) is 0 Å². The zero-order valence-corrected chi connectivity index (χ0v) is 11.7. The van der Waals surface area contributed by atoms with Gasteiger partial charge in [-0.1, -0.05) is 0 Å². The molecule has 0 aliphatic carbocycles. The second-order valence-corrected chi connectivity index (χ2v) is 5.85. The van der Waals surface area contributed by atoms with Crippen LogP contribution in [0.5, 0.6) is 0 Å². The molecule has 1 spiro atoms. The molecular weight excluding hydrogens is 240 g/mol. The quantitative estimate of drug-likeness (QED) is 0.800. The summed E-state index contributed by atoms with van der Waals surface area (Å²) in [5, 5.41) is 0. The molecule has 0 unspecified atom stereocenters. The molecule has 0 N–H and O–H groups in total. The first-order valence-electron chi connectivity index (χ1n) is 7.01. The van der Waals surface area contributed by atoms with Crippen LogP contribution in [0.1, 0.15) is 19.3 Å². The van der Waals surface area contributed by atoms with Gasteiger partial charge in [-0.15, -0.1) is 0 Å². The number of aromatic nitrogens is 2. The smallest absolute Gasteiger partial charge is 0.225 e. The summed E-state index contributed by atoms with van der Waals surface area (Å²) in [6.07, 6.45) is 6.93. The maximum Gasteiger partial charge on any atom is 0.225 e. The molecule has 0 bridgehead atoms. The third kappa shape index (κ3) is 2.58. The summed E-state index contributed by atoms with van der Waals surface area (Å²) in [5.41, 5.74) is 0.0974. The summed E-state index contributed by atoms with van der Waals surface area (Å²) in [7, 11) is 4.28. The number of piperidine rings is 1. The molecule has 1 aromatic rings. The van der Waals surface area contributed by atoms with Gasteiger partial charge in [-0.25, -0.2) is 9.97 Å². The lowest BCUT2D eigenvalue weighted by atomic mass is 9.87. The Balaban J connectivity index is 1.61. The van der Waals surface area contributed by atoms with E-state index in [1.807, 2.05) is 6.07 Å². The number of rotatable bonds is 2. The van der Waals surface area contributed by atoms with Gasteiger partial charge in [0.1, 0.15) is 0 Å². The molecule has 0 amide bonds. The molecule has 2 fully saturated rings. The van der Waals surface area contributed by atoms with Crippen LogP contribution >= 0.6 is 0 Å². The van der Waals surface area contributed by atoms with Crippen molar-refractivity contribution in [3.63, 3.8) is 0 Å². The van der Waals surface area contributed by atoms with E-state index in [0.29, 0.717) is 6.04 Å². The van der Waals surface area contributed by atoms with Gasteiger partial charge in [0.2, 0.25) is 5.95 Å². The third-order valence-electron chi connectivity index (χ3n) is 4.43. The highest BCUT2D eigenvalue weighted by Crippen LogP contribution is 2.37. The molecule has 3 rings (SSSR count). The molecule has 1 aromatic heterocycles. The lowest BCUT2D eigenvalue weighted by molar-refractivity contribution is -0.0157. The van der Waals surface area contributed by atoms with E-state index < -0.39 is 0 Å². The van der Waals surface area contributed by atoms with Crippen molar-refractivity contribution in [3.8, 4) is 0 Å². The van der Waals surface area contributed by atoms with E-state index in [-0.39, 0.29) is 5.60 Å². The monoisotopic (exact) mass is 262 g/mol. The van der Waals surface area contributed by atoms with Crippen LogP contribution in [0.25, 0.3) is 0 Å². The highest BCUT2D eigenvalue weighted by atomic mass is 16.5. The molecule has 0 saturated carbocycles. The molecule has 2 aliphatic rings. The van der Waals surface area contributed by atoms with Gasteiger partial charge in [0.05, 0.1) is 12.2 Å². The molecule has 0 radical (unpaired) electrons. The standard InChI is InChI=1S/C14H22N4O/c1-17(2)12-10-14(19-11-12)4-8-18(9-5-14)13-15-6-3-7-16-13/h3,6-7,12H,4-5,8-11H2,1-2H3/t12-/m0/s1. The van der Waals surface area contributed by atoms with Gasteiger partial charge in [0.25, 0.3) is 0 Å². The Kier molecular flexibility index (Phi) is 3.41. The van der Waals surface area contributed by atoms with Crippen molar-refractivity contribution >= 4 is 5.95 Å². The fraction of sp³-hybridized carbons (Fsp3) is 0.714. The lowest BCUT2D eigenvalue weighted by Crippen LogP contribution is -2.45. The van der Waals surface area contributed by atoms with Gasteiger partial charge in [-0.05, 0) is 39.4 Å². The van der Waals surface area contributed by atoms with Crippen LogP contribution in [0, 0.1) is 0 Å². The molecule has 5 heteroatoms. The van der Waals surface area contributed by atoms with Crippen molar-refractivity contribution in [1.82, 2.24) is 14.9 Å². The van der Waals surface area contributed by atoms with Crippen LogP contribution in [0.2, 0.25) is 0 Å². The topological polar surface area (TPSA) is 41.5 Å². The highest BCUT2D eigenvalue weighted by Gasteiger charge is 2.43. The zero-order valence-electron chi connectivity index (χ0n) is 11.7. The van der Waals surface area contributed by atoms with Crippen molar-refractivity contribution in [2.24, 2.45) is 0 Å². The number of anilines is 1. The number of ether oxygens (including phenoxy) is 1. The average molecular weight is 262 g/mol. The predicted octanol–water partition coefficient (Wildman–Crippen LogP) is 1.17. The summed E-state index contributed by atoms with van der Waals surface area (Å²) < 4.78 is 6.13. The van der Waals surface area contributed by atoms with Crippen molar-refractivity contribution in [2.75, 3.05) is 38.7 Å². The molecule has 1 atom stereocenters. The van der Waals surface area contributed by atoms with E-state index in [1.165, 1.54) is 0 Å². The maximum absolute atomic E-state index is 6.13. The minimum Gasteiger partial charge on any atom is -0.373 e. The maximum atomic E-state index is 6.13. The van der Waals surface area contributed by atoms with Crippen LogP contribution in [-0.4, -0.2) is 60.3 Å². The molecule has 5 nitrogen and oxygen atoms in total. The zero-order chi connectivity index (χ0) is 13.3. The lowest BCUT2D eigenvalue weighted by Gasteiger charge is -2.38. The van der Waals surface area contributed by atoms with E-state index in [9.17, 15) is 0 Å². The number of hydrogen-bond donors (Lipinski definition) is 0. The van der Waals surface area contributed by atoms with E-state index in [0.717, 1.165) is 44.9 Å². The van der Waals surface area contributed by atoms with Crippen molar-refractivity contribution in [2.45, 2.75) is 30.9 Å². The van der Waals surface area contributed by atoms with Gasteiger partial charge >= 0.3 is 0 Å². The molecule has 0 aromatic carbocycles. The van der Waals surface area contributed by atoms with E-state index in [1.54, 1.807) is 12.4 Å².